The smallest absolute Gasteiger partial charge is 0.220 e. The van der Waals surface area contributed by atoms with Crippen LogP contribution >= 0.6 is 0 Å². The fraction of sp³-hybridized carbons (Fsp3) is 0.865. The van der Waals surface area contributed by atoms with Crippen molar-refractivity contribution in [1.29, 1.82) is 0 Å². The summed E-state index contributed by atoms with van der Waals surface area (Å²) in [4.78, 5) is 13.2. The molecule has 3 fully saturated rings. The van der Waals surface area contributed by atoms with Crippen LogP contribution in [-0.4, -0.2) is 193 Å². The number of unbranched alkanes of at least 4 members (excludes halogenated alkanes) is 17. The zero-order valence-electron chi connectivity index (χ0n) is 42.4. The molecule has 0 aromatic carbocycles. The predicted octanol–water partition coefficient (Wildman–Crippen LogP) is 2.59. The van der Waals surface area contributed by atoms with Gasteiger partial charge in [0.1, 0.15) is 73.2 Å². The zero-order valence-corrected chi connectivity index (χ0v) is 42.4. The Kier molecular flexibility index (Phi) is 32.9. The molecule has 71 heavy (non-hydrogen) atoms. The number of ether oxygens (including phenoxy) is 6. The maximum atomic E-state index is 13.2. The highest BCUT2D eigenvalue weighted by atomic mass is 16.8. The third kappa shape index (κ3) is 22.4. The van der Waals surface area contributed by atoms with Crippen LogP contribution in [0.15, 0.2) is 36.5 Å². The van der Waals surface area contributed by atoms with Crippen LogP contribution in [0.1, 0.15) is 155 Å². The number of aliphatic hydroxyl groups excluding tert-OH is 11. The zero-order chi connectivity index (χ0) is 52.0. The number of hydrogen-bond donors (Lipinski definition) is 12. The van der Waals surface area contributed by atoms with Crippen molar-refractivity contribution in [2.24, 2.45) is 0 Å². The van der Waals surface area contributed by atoms with Gasteiger partial charge in [0.05, 0.1) is 38.6 Å². The van der Waals surface area contributed by atoms with Gasteiger partial charge in [0, 0.05) is 6.42 Å². The maximum absolute atomic E-state index is 13.2. The minimum atomic E-state index is -1.98. The predicted molar refractivity (Wildman–Crippen MR) is 263 cm³/mol. The molecule has 414 valence electrons. The molecule has 3 aliphatic heterocycles. The van der Waals surface area contributed by atoms with Crippen molar-refractivity contribution < 1.29 is 89.4 Å². The first-order chi connectivity index (χ1) is 34.3. The molecule has 17 unspecified atom stereocenters. The molecule has 17 atom stereocenters. The van der Waals surface area contributed by atoms with E-state index in [1.54, 1.807) is 6.08 Å². The van der Waals surface area contributed by atoms with E-state index in [1.165, 1.54) is 64.2 Å². The Bertz CT molecular complexity index is 1450. The lowest BCUT2D eigenvalue weighted by molar-refractivity contribution is -0.379. The van der Waals surface area contributed by atoms with Gasteiger partial charge in [-0.3, -0.25) is 4.79 Å². The molecule has 3 heterocycles. The topological polar surface area (TPSA) is 307 Å². The second-order valence-electron chi connectivity index (χ2n) is 19.3. The van der Waals surface area contributed by atoms with Gasteiger partial charge in [0.2, 0.25) is 5.91 Å². The summed E-state index contributed by atoms with van der Waals surface area (Å²) in [5, 5.41) is 119. The van der Waals surface area contributed by atoms with Crippen LogP contribution in [-0.2, 0) is 33.2 Å². The molecule has 3 rings (SSSR count). The summed E-state index contributed by atoms with van der Waals surface area (Å²) in [6.07, 6.45) is 8.90. The summed E-state index contributed by atoms with van der Waals surface area (Å²) in [6.45, 7) is 1.58. The van der Waals surface area contributed by atoms with Gasteiger partial charge in [-0.25, -0.2) is 0 Å². The molecule has 19 nitrogen and oxygen atoms in total. The minimum Gasteiger partial charge on any atom is -0.394 e. The lowest BCUT2D eigenvalue weighted by Crippen LogP contribution is -2.66. The number of carbonyl (C=O) groups excluding carboxylic acids is 1. The van der Waals surface area contributed by atoms with Crippen molar-refractivity contribution in [2.75, 3.05) is 26.4 Å². The number of allylic oxidation sites excluding steroid dienone is 5. The Morgan fingerprint density at radius 3 is 1.45 bits per heavy atom. The summed E-state index contributed by atoms with van der Waals surface area (Å²) in [5.74, 6) is -0.296. The van der Waals surface area contributed by atoms with Crippen molar-refractivity contribution in [3.8, 4) is 0 Å². The number of nitrogens with one attached hydrogen (secondary N) is 1. The maximum Gasteiger partial charge on any atom is 0.220 e. The second kappa shape index (κ2) is 36.9. The van der Waals surface area contributed by atoms with E-state index in [1.807, 2.05) is 6.08 Å². The molecule has 0 saturated carbocycles. The lowest BCUT2D eigenvalue weighted by Gasteiger charge is -2.48. The van der Waals surface area contributed by atoms with Crippen molar-refractivity contribution >= 4 is 5.91 Å². The molecule has 12 N–H and O–H groups in total. The van der Waals surface area contributed by atoms with E-state index < -0.39 is 124 Å². The number of aliphatic hydroxyl groups is 11. The number of amides is 1. The molecule has 3 aliphatic rings. The standard InChI is InChI=1S/C52H93NO18/c1-3-5-7-9-11-13-14-15-16-17-18-19-20-21-22-24-26-28-30-40(58)53-35(36(57)29-27-25-23-12-10-8-6-4-2)34-66-50-46(64)43(61)48(38(32-55)68-50)71-52-47(65)44(62)49(39(33-56)69-52)70-51-45(63)42(60)41(59)37(31-54)67-51/h10,12,16-17,27,29,35-39,41-52,54-57,59-65H,3-9,11,13-15,18-26,28,30-34H2,1-2H3,(H,53,58)/b12-10+,17-16-,29-27+. The molecule has 0 aromatic rings. The molecule has 0 spiro atoms. The van der Waals surface area contributed by atoms with Gasteiger partial charge in [-0.1, -0.05) is 134 Å². The first-order valence-corrected chi connectivity index (χ1v) is 26.7. The normalized spacial score (nSPS) is 32.5. The molecule has 19 heteroatoms. The van der Waals surface area contributed by atoms with Crippen LogP contribution < -0.4 is 5.32 Å². The van der Waals surface area contributed by atoms with Gasteiger partial charge < -0.3 is 89.9 Å². The molecular formula is C52H93NO18. The van der Waals surface area contributed by atoms with Crippen LogP contribution in [0, 0.1) is 0 Å². The second-order valence-corrected chi connectivity index (χ2v) is 19.3. The van der Waals surface area contributed by atoms with Gasteiger partial charge in [-0.05, 0) is 51.4 Å². The number of rotatable bonds is 37. The van der Waals surface area contributed by atoms with E-state index in [4.69, 9.17) is 28.4 Å². The van der Waals surface area contributed by atoms with E-state index in [0.717, 1.165) is 57.8 Å². The summed E-state index contributed by atoms with van der Waals surface area (Å²) >= 11 is 0. The van der Waals surface area contributed by atoms with E-state index in [0.29, 0.717) is 12.8 Å². The molecule has 3 saturated heterocycles. The molecule has 1 amide bonds. The highest BCUT2D eigenvalue weighted by Gasteiger charge is 2.53. The summed E-state index contributed by atoms with van der Waals surface area (Å²) in [6, 6.07) is -0.987. The van der Waals surface area contributed by atoms with Gasteiger partial charge in [-0.2, -0.15) is 0 Å². The van der Waals surface area contributed by atoms with Crippen molar-refractivity contribution in [1.82, 2.24) is 5.32 Å². The van der Waals surface area contributed by atoms with Crippen LogP contribution in [0.25, 0.3) is 0 Å². The summed E-state index contributed by atoms with van der Waals surface area (Å²) < 4.78 is 34.0. The van der Waals surface area contributed by atoms with Crippen LogP contribution in [0.4, 0.5) is 0 Å². The number of hydrogen-bond acceptors (Lipinski definition) is 18. The van der Waals surface area contributed by atoms with Gasteiger partial charge in [0.15, 0.2) is 18.9 Å². The van der Waals surface area contributed by atoms with E-state index in [-0.39, 0.29) is 18.9 Å². The highest BCUT2D eigenvalue weighted by molar-refractivity contribution is 5.76. The lowest BCUT2D eigenvalue weighted by atomic mass is 9.96. The van der Waals surface area contributed by atoms with Crippen LogP contribution in [0.3, 0.4) is 0 Å². The van der Waals surface area contributed by atoms with Gasteiger partial charge in [0.25, 0.3) is 0 Å². The first kappa shape index (κ1) is 63.3. The summed E-state index contributed by atoms with van der Waals surface area (Å²) in [5.41, 5.74) is 0. The largest absolute Gasteiger partial charge is 0.394 e. The summed E-state index contributed by atoms with van der Waals surface area (Å²) in [7, 11) is 0. The molecule has 0 radical (unpaired) electrons. The van der Waals surface area contributed by atoms with E-state index in [2.05, 4.69) is 43.5 Å². The monoisotopic (exact) mass is 1020 g/mol. The van der Waals surface area contributed by atoms with Gasteiger partial charge in [-0.15, -0.1) is 0 Å². The van der Waals surface area contributed by atoms with Crippen molar-refractivity contribution in [2.45, 2.75) is 259 Å². The molecule has 0 aromatic heterocycles. The average Bonchev–Trinajstić information content (AvgIpc) is 3.36. The first-order valence-electron chi connectivity index (χ1n) is 26.7. The fourth-order valence-electron chi connectivity index (χ4n) is 8.89. The fourth-order valence-corrected chi connectivity index (χ4v) is 8.89. The Labute approximate surface area is 421 Å². The quantitative estimate of drug-likeness (QED) is 0.0314. The van der Waals surface area contributed by atoms with Gasteiger partial charge >= 0.3 is 0 Å². The Morgan fingerprint density at radius 2 is 0.915 bits per heavy atom. The van der Waals surface area contributed by atoms with Crippen LogP contribution in [0.2, 0.25) is 0 Å². The average molecular weight is 1020 g/mol. The Balaban J connectivity index is 1.51. The molecular weight excluding hydrogens is 927 g/mol. The molecule has 0 aliphatic carbocycles. The van der Waals surface area contributed by atoms with Crippen LogP contribution in [0.5, 0.6) is 0 Å². The van der Waals surface area contributed by atoms with E-state index >= 15 is 0 Å². The third-order valence-corrected chi connectivity index (χ3v) is 13.4. The third-order valence-electron chi connectivity index (χ3n) is 13.4. The van der Waals surface area contributed by atoms with E-state index in [9.17, 15) is 61.0 Å². The van der Waals surface area contributed by atoms with Crippen molar-refractivity contribution in [3.63, 3.8) is 0 Å². The van der Waals surface area contributed by atoms with Crippen molar-refractivity contribution in [3.05, 3.63) is 36.5 Å². The minimum absolute atomic E-state index is 0.230. The molecule has 0 bridgehead atoms. The Hall–Kier alpha value is -1.99. The highest BCUT2D eigenvalue weighted by Crippen LogP contribution is 2.33. The Morgan fingerprint density at radius 1 is 0.493 bits per heavy atom. The SMILES string of the molecule is CCCC/C=C/CC/C=C/C(O)C(COC1OC(CO)C(OC2OC(CO)C(OC3OC(CO)C(O)C(O)C3O)C(O)C2O)C(O)C1O)NC(=O)CCCCCCCCC/C=C\CCCCCCCCC. The number of carbonyl (C=O) groups is 1.